The van der Waals surface area contributed by atoms with Crippen molar-refractivity contribution in [3.05, 3.63) is 30.1 Å². The molecule has 0 aromatic carbocycles. The van der Waals surface area contributed by atoms with Gasteiger partial charge in [-0.05, 0) is 13.0 Å². The van der Waals surface area contributed by atoms with E-state index in [9.17, 15) is 0 Å². The third-order valence-corrected chi connectivity index (χ3v) is 2.17. The van der Waals surface area contributed by atoms with Crippen molar-refractivity contribution < 1.29 is 4.74 Å². The molecule has 1 aromatic rings. The van der Waals surface area contributed by atoms with Gasteiger partial charge in [-0.15, -0.1) is 0 Å². The lowest BCUT2D eigenvalue weighted by Crippen LogP contribution is -2.34. The molecule has 0 spiro atoms. The van der Waals surface area contributed by atoms with Crippen LogP contribution in [0.2, 0.25) is 0 Å². The van der Waals surface area contributed by atoms with E-state index in [1.165, 1.54) is 0 Å². The molecule has 0 saturated carbocycles. The van der Waals surface area contributed by atoms with Crippen LogP contribution < -0.4 is 5.32 Å². The number of nitrogens with zero attached hydrogens (tertiary/aromatic N) is 1. The molecule has 1 atom stereocenters. The second-order valence-corrected chi connectivity index (χ2v) is 3.05. The molecule has 0 bridgehead atoms. The van der Waals surface area contributed by atoms with Crippen LogP contribution in [0.5, 0.6) is 0 Å². The fourth-order valence-corrected chi connectivity index (χ4v) is 1.43. The van der Waals surface area contributed by atoms with Gasteiger partial charge in [-0.2, -0.15) is 0 Å². The minimum absolute atomic E-state index is 0.325. The van der Waals surface area contributed by atoms with Crippen molar-refractivity contribution in [2.75, 3.05) is 13.2 Å². The standard InChI is InChI=1S/C9H12N2O/c1-9(11-5-6-12-9)8-3-2-4-10-7-8/h2-4,7,11H,5-6H2,1H3. The normalized spacial score (nSPS) is 29.1. The zero-order chi connectivity index (χ0) is 8.44. The molecule has 3 heteroatoms. The lowest BCUT2D eigenvalue weighted by Gasteiger charge is -2.23. The molecule has 1 aliphatic rings. The molecule has 2 rings (SSSR count). The van der Waals surface area contributed by atoms with Gasteiger partial charge in [0, 0.05) is 24.5 Å². The molecule has 1 fully saturated rings. The first-order chi connectivity index (χ1) is 5.81. The minimum Gasteiger partial charge on any atom is -0.355 e. The Labute approximate surface area is 71.8 Å². The van der Waals surface area contributed by atoms with E-state index in [1.807, 2.05) is 25.3 Å². The molecule has 2 heterocycles. The van der Waals surface area contributed by atoms with Crippen LogP contribution in [0.25, 0.3) is 0 Å². The minimum atomic E-state index is -0.325. The quantitative estimate of drug-likeness (QED) is 0.669. The van der Waals surface area contributed by atoms with Crippen LogP contribution in [0.3, 0.4) is 0 Å². The summed E-state index contributed by atoms with van der Waals surface area (Å²) < 4.78 is 5.58. The number of nitrogens with one attached hydrogen (secondary N) is 1. The van der Waals surface area contributed by atoms with Crippen molar-refractivity contribution in [2.45, 2.75) is 12.6 Å². The van der Waals surface area contributed by atoms with Crippen LogP contribution in [-0.4, -0.2) is 18.1 Å². The molecule has 0 radical (unpaired) electrons. The molecule has 1 saturated heterocycles. The van der Waals surface area contributed by atoms with Gasteiger partial charge in [0.25, 0.3) is 0 Å². The third kappa shape index (κ3) is 1.21. The van der Waals surface area contributed by atoms with Crippen molar-refractivity contribution in [1.29, 1.82) is 0 Å². The van der Waals surface area contributed by atoms with E-state index in [0.717, 1.165) is 18.7 Å². The molecular formula is C9H12N2O. The molecule has 1 unspecified atom stereocenters. The Balaban J connectivity index is 2.29. The Kier molecular flexibility index (Phi) is 1.83. The molecule has 3 nitrogen and oxygen atoms in total. The highest BCUT2D eigenvalue weighted by molar-refractivity contribution is 5.17. The van der Waals surface area contributed by atoms with E-state index in [1.54, 1.807) is 6.20 Å². The Hall–Kier alpha value is -0.930. The van der Waals surface area contributed by atoms with E-state index in [-0.39, 0.29) is 5.72 Å². The maximum atomic E-state index is 5.58. The first-order valence-corrected chi connectivity index (χ1v) is 4.11. The van der Waals surface area contributed by atoms with Gasteiger partial charge in [-0.25, -0.2) is 0 Å². The number of rotatable bonds is 1. The number of pyridine rings is 1. The molecule has 1 aliphatic heterocycles. The Bertz CT molecular complexity index is 254. The predicted molar refractivity (Wildman–Crippen MR) is 45.5 cm³/mol. The van der Waals surface area contributed by atoms with Crippen LogP contribution in [0.15, 0.2) is 24.5 Å². The number of hydrogen-bond donors (Lipinski definition) is 1. The lowest BCUT2D eigenvalue weighted by molar-refractivity contribution is 0.00220. The van der Waals surface area contributed by atoms with E-state index in [0.29, 0.717) is 0 Å². The van der Waals surface area contributed by atoms with Crippen molar-refractivity contribution in [3.63, 3.8) is 0 Å². The van der Waals surface area contributed by atoms with Crippen molar-refractivity contribution in [2.24, 2.45) is 0 Å². The summed E-state index contributed by atoms with van der Waals surface area (Å²) in [4.78, 5) is 4.05. The Morgan fingerprint density at radius 1 is 1.67 bits per heavy atom. The van der Waals surface area contributed by atoms with Crippen LogP contribution in [0, 0.1) is 0 Å². The highest BCUT2D eigenvalue weighted by Crippen LogP contribution is 2.23. The largest absolute Gasteiger partial charge is 0.355 e. The maximum absolute atomic E-state index is 5.58. The van der Waals surface area contributed by atoms with Crippen molar-refractivity contribution in [1.82, 2.24) is 10.3 Å². The van der Waals surface area contributed by atoms with Gasteiger partial charge in [0.2, 0.25) is 0 Å². The Morgan fingerprint density at radius 2 is 2.58 bits per heavy atom. The Morgan fingerprint density at radius 3 is 3.17 bits per heavy atom. The molecular weight excluding hydrogens is 152 g/mol. The first-order valence-electron chi connectivity index (χ1n) is 4.11. The fourth-order valence-electron chi connectivity index (χ4n) is 1.43. The predicted octanol–water partition coefficient (Wildman–Crippen LogP) is 0.874. The van der Waals surface area contributed by atoms with Crippen molar-refractivity contribution >= 4 is 0 Å². The smallest absolute Gasteiger partial charge is 0.144 e. The van der Waals surface area contributed by atoms with Gasteiger partial charge in [-0.3, -0.25) is 10.3 Å². The fraction of sp³-hybridized carbons (Fsp3) is 0.444. The highest BCUT2D eigenvalue weighted by Gasteiger charge is 2.30. The van der Waals surface area contributed by atoms with E-state index < -0.39 is 0 Å². The summed E-state index contributed by atoms with van der Waals surface area (Å²) in [7, 11) is 0. The summed E-state index contributed by atoms with van der Waals surface area (Å²) in [6.45, 7) is 3.70. The third-order valence-electron chi connectivity index (χ3n) is 2.17. The van der Waals surface area contributed by atoms with Crippen LogP contribution in [-0.2, 0) is 10.5 Å². The zero-order valence-electron chi connectivity index (χ0n) is 7.08. The van der Waals surface area contributed by atoms with E-state index in [4.69, 9.17) is 4.74 Å². The number of hydrogen-bond acceptors (Lipinski definition) is 3. The van der Waals surface area contributed by atoms with Gasteiger partial charge in [0.15, 0.2) is 0 Å². The van der Waals surface area contributed by atoms with Gasteiger partial charge < -0.3 is 4.74 Å². The second kappa shape index (κ2) is 2.84. The van der Waals surface area contributed by atoms with Gasteiger partial charge in [0.1, 0.15) is 5.72 Å². The SMILES string of the molecule is CC1(c2cccnc2)NCCO1. The second-order valence-electron chi connectivity index (χ2n) is 3.05. The average Bonchev–Trinajstić information content (AvgIpc) is 2.55. The van der Waals surface area contributed by atoms with Crippen LogP contribution >= 0.6 is 0 Å². The van der Waals surface area contributed by atoms with Gasteiger partial charge in [-0.1, -0.05) is 6.07 Å². The topological polar surface area (TPSA) is 34.2 Å². The van der Waals surface area contributed by atoms with Gasteiger partial charge >= 0.3 is 0 Å². The molecule has 0 aliphatic carbocycles. The summed E-state index contributed by atoms with van der Waals surface area (Å²) in [6.07, 6.45) is 3.60. The van der Waals surface area contributed by atoms with E-state index >= 15 is 0 Å². The summed E-state index contributed by atoms with van der Waals surface area (Å²) in [5, 5.41) is 3.29. The monoisotopic (exact) mass is 164 g/mol. The van der Waals surface area contributed by atoms with Gasteiger partial charge in [0.05, 0.1) is 6.61 Å². The maximum Gasteiger partial charge on any atom is 0.144 e. The lowest BCUT2D eigenvalue weighted by atomic mass is 10.1. The number of aromatic nitrogens is 1. The summed E-state index contributed by atoms with van der Waals surface area (Å²) in [5.41, 5.74) is 0.761. The first kappa shape index (κ1) is 7.71. The number of ether oxygens (including phenoxy) is 1. The van der Waals surface area contributed by atoms with E-state index in [2.05, 4.69) is 10.3 Å². The zero-order valence-corrected chi connectivity index (χ0v) is 7.08. The molecule has 12 heavy (non-hydrogen) atoms. The molecule has 1 N–H and O–H groups in total. The average molecular weight is 164 g/mol. The summed E-state index contributed by atoms with van der Waals surface area (Å²) in [5.74, 6) is 0. The molecule has 64 valence electrons. The molecule has 1 aromatic heterocycles. The van der Waals surface area contributed by atoms with Crippen LogP contribution in [0.4, 0.5) is 0 Å². The summed E-state index contributed by atoms with van der Waals surface area (Å²) >= 11 is 0. The summed E-state index contributed by atoms with van der Waals surface area (Å²) in [6, 6.07) is 3.94. The van der Waals surface area contributed by atoms with Crippen LogP contribution in [0.1, 0.15) is 12.5 Å². The molecule has 0 amide bonds. The van der Waals surface area contributed by atoms with Crippen molar-refractivity contribution in [3.8, 4) is 0 Å². The highest BCUT2D eigenvalue weighted by atomic mass is 16.5.